The molecule has 1 atom stereocenters. The Bertz CT molecular complexity index is 1650. The normalized spacial score (nSPS) is 12.2. The molecule has 0 bridgehead atoms. The summed E-state index contributed by atoms with van der Waals surface area (Å²) in [6, 6.07) is 23.9. The van der Waals surface area contributed by atoms with Crippen molar-refractivity contribution in [1.29, 1.82) is 5.26 Å². The Morgan fingerprint density at radius 3 is 2.73 bits per heavy atom. The van der Waals surface area contributed by atoms with Crippen LogP contribution in [-0.2, 0) is 0 Å². The summed E-state index contributed by atoms with van der Waals surface area (Å²) in [5.41, 5.74) is 7.32. The number of H-pyrrole nitrogens is 1. The van der Waals surface area contributed by atoms with Gasteiger partial charge in [-0.1, -0.05) is 23.4 Å². The maximum Gasteiger partial charge on any atom is 0.113 e. The molecule has 3 aromatic carbocycles. The van der Waals surface area contributed by atoms with Crippen LogP contribution in [0, 0.1) is 11.3 Å². The lowest BCUT2D eigenvalue weighted by Gasteiger charge is -2.16. The predicted molar refractivity (Wildman–Crippen MR) is 125 cm³/mol. The summed E-state index contributed by atoms with van der Waals surface area (Å²) in [5.74, 6) is 0. The zero-order valence-electron chi connectivity index (χ0n) is 17.7. The van der Waals surface area contributed by atoms with Crippen LogP contribution in [0.15, 0.2) is 79.1 Å². The molecule has 8 heteroatoms. The van der Waals surface area contributed by atoms with Gasteiger partial charge < -0.3 is 0 Å². The summed E-state index contributed by atoms with van der Waals surface area (Å²) in [6.45, 7) is 2.10. The first-order valence-corrected chi connectivity index (χ1v) is 10.5. The van der Waals surface area contributed by atoms with E-state index in [0.717, 1.165) is 44.4 Å². The van der Waals surface area contributed by atoms with Crippen LogP contribution in [0.4, 0.5) is 0 Å². The van der Waals surface area contributed by atoms with E-state index >= 15 is 0 Å². The Balaban J connectivity index is 1.42. The summed E-state index contributed by atoms with van der Waals surface area (Å²) >= 11 is 0. The third kappa shape index (κ3) is 3.15. The molecule has 0 saturated heterocycles. The highest BCUT2D eigenvalue weighted by Gasteiger charge is 2.16. The Kier molecular flexibility index (Phi) is 4.27. The van der Waals surface area contributed by atoms with Gasteiger partial charge >= 0.3 is 0 Å². The van der Waals surface area contributed by atoms with Crippen molar-refractivity contribution in [2.45, 2.75) is 13.0 Å². The highest BCUT2D eigenvalue weighted by Crippen LogP contribution is 2.29. The van der Waals surface area contributed by atoms with Crippen molar-refractivity contribution in [3.63, 3.8) is 0 Å². The number of hydrogen-bond acceptors (Lipinski definition) is 5. The minimum Gasteiger partial charge on any atom is -0.278 e. The number of benzene rings is 3. The zero-order valence-corrected chi connectivity index (χ0v) is 17.7. The fourth-order valence-electron chi connectivity index (χ4n) is 4.15. The van der Waals surface area contributed by atoms with Crippen molar-refractivity contribution in [1.82, 2.24) is 35.0 Å². The Labute approximate surface area is 188 Å². The molecular weight excluding hydrogens is 412 g/mol. The number of aromatic nitrogens is 7. The van der Waals surface area contributed by atoms with E-state index < -0.39 is 0 Å². The smallest absolute Gasteiger partial charge is 0.113 e. The molecule has 3 heterocycles. The summed E-state index contributed by atoms with van der Waals surface area (Å²) < 4.78 is 3.83. The van der Waals surface area contributed by atoms with Crippen LogP contribution >= 0.6 is 0 Å². The van der Waals surface area contributed by atoms with E-state index in [9.17, 15) is 0 Å². The van der Waals surface area contributed by atoms with E-state index in [-0.39, 0.29) is 6.04 Å². The van der Waals surface area contributed by atoms with Crippen molar-refractivity contribution in [3.05, 3.63) is 90.3 Å². The molecule has 6 rings (SSSR count). The molecule has 0 amide bonds. The van der Waals surface area contributed by atoms with E-state index in [2.05, 4.69) is 44.7 Å². The topological polar surface area (TPSA) is 101 Å². The van der Waals surface area contributed by atoms with Crippen molar-refractivity contribution >= 4 is 21.9 Å². The van der Waals surface area contributed by atoms with Gasteiger partial charge in [0.1, 0.15) is 5.52 Å². The van der Waals surface area contributed by atoms with E-state index in [1.807, 2.05) is 70.0 Å². The molecule has 0 radical (unpaired) electrons. The van der Waals surface area contributed by atoms with Crippen molar-refractivity contribution in [2.75, 3.05) is 0 Å². The van der Waals surface area contributed by atoms with Crippen LogP contribution in [0.25, 0.3) is 38.9 Å². The van der Waals surface area contributed by atoms with Crippen molar-refractivity contribution in [3.8, 4) is 23.0 Å². The highest BCUT2D eigenvalue weighted by atomic mass is 15.4. The lowest BCUT2D eigenvalue weighted by Crippen LogP contribution is -2.10. The monoisotopic (exact) mass is 430 g/mol. The molecule has 0 spiro atoms. The number of aromatic amines is 1. The summed E-state index contributed by atoms with van der Waals surface area (Å²) in [7, 11) is 0. The van der Waals surface area contributed by atoms with Crippen LogP contribution in [0.1, 0.15) is 24.1 Å². The zero-order chi connectivity index (χ0) is 22.4. The van der Waals surface area contributed by atoms with Gasteiger partial charge in [-0.3, -0.25) is 9.78 Å². The molecule has 1 unspecified atom stereocenters. The van der Waals surface area contributed by atoms with Gasteiger partial charge in [0.25, 0.3) is 0 Å². The molecule has 1 N–H and O–H groups in total. The maximum atomic E-state index is 9.07. The maximum absolute atomic E-state index is 9.07. The fourth-order valence-corrected chi connectivity index (χ4v) is 4.15. The third-order valence-corrected chi connectivity index (χ3v) is 5.97. The Hall–Kier alpha value is -4.77. The van der Waals surface area contributed by atoms with Gasteiger partial charge in [-0.15, -0.1) is 5.10 Å². The molecule has 0 fully saturated rings. The van der Waals surface area contributed by atoms with Crippen LogP contribution in [-0.4, -0.2) is 35.0 Å². The van der Waals surface area contributed by atoms with E-state index in [1.165, 1.54) is 0 Å². The van der Waals surface area contributed by atoms with Crippen molar-refractivity contribution < 1.29 is 0 Å². The number of hydrogen-bond donors (Lipinski definition) is 1. The lowest BCUT2D eigenvalue weighted by atomic mass is 10.1. The van der Waals surface area contributed by atoms with Gasteiger partial charge in [0, 0.05) is 17.1 Å². The first kappa shape index (κ1) is 19.0. The van der Waals surface area contributed by atoms with Crippen LogP contribution in [0.3, 0.4) is 0 Å². The van der Waals surface area contributed by atoms with Gasteiger partial charge in [0.15, 0.2) is 0 Å². The van der Waals surface area contributed by atoms with Gasteiger partial charge in [-0.05, 0) is 61.0 Å². The molecular formula is C25H18N8. The number of nitriles is 1. The highest BCUT2D eigenvalue weighted by molar-refractivity contribution is 5.84. The van der Waals surface area contributed by atoms with Gasteiger partial charge in [-0.25, -0.2) is 4.68 Å². The lowest BCUT2D eigenvalue weighted by molar-refractivity contribution is 0.571. The summed E-state index contributed by atoms with van der Waals surface area (Å²) in [5, 5.41) is 30.5. The first-order chi connectivity index (χ1) is 16.2. The second-order valence-corrected chi connectivity index (χ2v) is 7.92. The van der Waals surface area contributed by atoms with Crippen molar-refractivity contribution in [2.24, 2.45) is 0 Å². The standard InChI is InChI=1S/C25H18N8/c1-16(18-4-2-17(14-26)3-5-18)32-24(10-11-28-32)19-7-9-22-25(12-19)33(31-30-22)21-8-6-20-15-27-29-23(20)13-21/h2-13,15-16H,1H3,(H,27,29). The minimum atomic E-state index is 0.00395. The molecule has 158 valence electrons. The van der Waals surface area contributed by atoms with Crippen LogP contribution in [0.5, 0.6) is 0 Å². The summed E-state index contributed by atoms with van der Waals surface area (Å²) in [6.07, 6.45) is 3.61. The first-order valence-electron chi connectivity index (χ1n) is 10.5. The molecule has 33 heavy (non-hydrogen) atoms. The van der Waals surface area contributed by atoms with Crippen LogP contribution in [0.2, 0.25) is 0 Å². The number of nitrogens with one attached hydrogen (secondary N) is 1. The van der Waals surface area contributed by atoms with E-state index in [1.54, 1.807) is 12.4 Å². The van der Waals surface area contributed by atoms with Gasteiger partial charge in [0.05, 0.1) is 46.3 Å². The quantitative estimate of drug-likeness (QED) is 0.439. The molecule has 0 aliphatic rings. The average Bonchev–Trinajstić information content (AvgIpc) is 3.62. The largest absolute Gasteiger partial charge is 0.278 e. The second kappa shape index (κ2) is 7.43. The van der Waals surface area contributed by atoms with Gasteiger partial charge in [-0.2, -0.15) is 15.5 Å². The molecule has 0 saturated carbocycles. The molecule has 0 aliphatic carbocycles. The molecule has 8 nitrogen and oxygen atoms in total. The number of fused-ring (bicyclic) bond motifs is 2. The predicted octanol–water partition coefficient (Wildman–Crippen LogP) is 4.64. The third-order valence-electron chi connectivity index (χ3n) is 5.97. The minimum absolute atomic E-state index is 0.00395. The van der Waals surface area contributed by atoms with Gasteiger partial charge in [0.2, 0.25) is 0 Å². The number of rotatable bonds is 4. The SMILES string of the molecule is CC(c1ccc(C#N)cc1)n1nccc1-c1ccc2nnn(-c3ccc4cn[nH]c4c3)c2c1. The van der Waals surface area contributed by atoms with Crippen LogP contribution < -0.4 is 0 Å². The van der Waals surface area contributed by atoms with E-state index in [4.69, 9.17) is 5.26 Å². The average molecular weight is 430 g/mol. The Morgan fingerprint density at radius 1 is 1.00 bits per heavy atom. The molecule has 0 aliphatic heterocycles. The second-order valence-electron chi connectivity index (χ2n) is 7.92. The number of nitrogens with zero attached hydrogens (tertiary/aromatic N) is 7. The molecule has 3 aromatic heterocycles. The summed E-state index contributed by atoms with van der Waals surface area (Å²) in [4.78, 5) is 0. The van der Waals surface area contributed by atoms with E-state index in [0.29, 0.717) is 5.56 Å². The Morgan fingerprint density at radius 2 is 1.88 bits per heavy atom. The molecule has 6 aromatic rings. The fraction of sp³-hybridized carbons (Fsp3) is 0.0800.